The number of nitrogens with zero attached hydrogens (tertiary/aromatic N) is 2. The van der Waals surface area contributed by atoms with E-state index >= 15 is 0 Å². The molecule has 2 amide bonds. The Morgan fingerprint density at radius 1 is 1.39 bits per heavy atom. The molecule has 0 aliphatic heterocycles. The van der Waals surface area contributed by atoms with Crippen molar-refractivity contribution in [3.05, 3.63) is 12.7 Å². The molecule has 102 valence electrons. The van der Waals surface area contributed by atoms with Crippen molar-refractivity contribution in [2.24, 2.45) is 0 Å². The van der Waals surface area contributed by atoms with Crippen LogP contribution in [-0.4, -0.2) is 52.6 Å². The Balaban J connectivity index is 2.76. The van der Waals surface area contributed by atoms with Crippen molar-refractivity contribution >= 4 is 12.0 Å². The number of urea groups is 1. The van der Waals surface area contributed by atoms with Crippen LogP contribution in [0, 0.1) is 0 Å². The molecule has 0 aromatic rings. The molecule has 0 aromatic carbocycles. The fourth-order valence-electron chi connectivity index (χ4n) is 2.39. The van der Waals surface area contributed by atoms with Gasteiger partial charge in [-0.25, -0.2) is 4.79 Å². The highest BCUT2D eigenvalue weighted by atomic mass is 16.4. The average molecular weight is 254 g/mol. The maximum absolute atomic E-state index is 12.3. The zero-order valence-electron chi connectivity index (χ0n) is 11.0. The molecule has 1 aliphatic carbocycles. The minimum atomic E-state index is -0.954. The minimum Gasteiger partial charge on any atom is -0.480 e. The van der Waals surface area contributed by atoms with E-state index in [1.54, 1.807) is 11.0 Å². The minimum absolute atomic E-state index is 0.0764. The fourth-order valence-corrected chi connectivity index (χ4v) is 2.39. The van der Waals surface area contributed by atoms with Gasteiger partial charge in [0.05, 0.1) is 0 Å². The topological polar surface area (TPSA) is 60.9 Å². The van der Waals surface area contributed by atoms with Gasteiger partial charge in [-0.05, 0) is 19.8 Å². The molecule has 0 bridgehead atoms. The Labute approximate surface area is 108 Å². The smallest absolute Gasteiger partial charge is 0.323 e. The second-order valence-corrected chi connectivity index (χ2v) is 4.57. The molecular weight excluding hydrogens is 232 g/mol. The van der Waals surface area contributed by atoms with Crippen LogP contribution in [-0.2, 0) is 4.79 Å². The molecule has 1 N–H and O–H groups in total. The summed E-state index contributed by atoms with van der Waals surface area (Å²) >= 11 is 0. The molecule has 0 radical (unpaired) electrons. The first kappa shape index (κ1) is 14.5. The molecule has 0 saturated heterocycles. The van der Waals surface area contributed by atoms with Crippen molar-refractivity contribution in [1.29, 1.82) is 0 Å². The number of carboxylic acids is 1. The van der Waals surface area contributed by atoms with E-state index in [0.29, 0.717) is 13.1 Å². The summed E-state index contributed by atoms with van der Waals surface area (Å²) in [6.45, 7) is 6.31. The normalized spacial score (nSPS) is 15.4. The number of aliphatic carboxylic acids is 1. The van der Waals surface area contributed by atoms with Gasteiger partial charge < -0.3 is 14.9 Å². The molecule has 5 heteroatoms. The highest BCUT2D eigenvalue weighted by Gasteiger charge is 2.30. The van der Waals surface area contributed by atoms with Gasteiger partial charge in [0.15, 0.2) is 0 Å². The first-order valence-corrected chi connectivity index (χ1v) is 6.48. The van der Waals surface area contributed by atoms with Crippen LogP contribution < -0.4 is 0 Å². The molecule has 18 heavy (non-hydrogen) atoms. The number of carboxylic acid groups (broad SMARTS) is 1. The van der Waals surface area contributed by atoms with Gasteiger partial charge in [-0.2, -0.15) is 0 Å². The van der Waals surface area contributed by atoms with E-state index in [2.05, 4.69) is 6.58 Å². The molecule has 0 unspecified atom stereocenters. The zero-order valence-corrected chi connectivity index (χ0v) is 11.0. The summed E-state index contributed by atoms with van der Waals surface area (Å²) in [4.78, 5) is 26.4. The van der Waals surface area contributed by atoms with Crippen LogP contribution in [0.3, 0.4) is 0 Å². The van der Waals surface area contributed by atoms with Crippen LogP contribution in [0.15, 0.2) is 12.7 Å². The van der Waals surface area contributed by atoms with E-state index < -0.39 is 5.97 Å². The highest BCUT2D eigenvalue weighted by Crippen LogP contribution is 2.24. The summed E-state index contributed by atoms with van der Waals surface area (Å²) < 4.78 is 0. The predicted octanol–water partition coefficient (Wildman–Crippen LogP) is 1.94. The van der Waals surface area contributed by atoms with Crippen molar-refractivity contribution in [3.63, 3.8) is 0 Å². The third-order valence-electron chi connectivity index (χ3n) is 3.32. The monoisotopic (exact) mass is 254 g/mol. The molecule has 0 atom stereocenters. The van der Waals surface area contributed by atoms with Gasteiger partial charge in [0, 0.05) is 19.1 Å². The molecule has 0 heterocycles. The van der Waals surface area contributed by atoms with E-state index in [-0.39, 0.29) is 18.6 Å². The zero-order chi connectivity index (χ0) is 13.5. The summed E-state index contributed by atoms with van der Waals surface area (Å²) in [7, 11) is 0. The summed E-state index contributed by atoms with van der Waals surface area (Å²) in [6.07, 6.45) is 5.62. The van der Waals surface area contributed by atoms with Gasteiger partial charge in [-0.15, -0.1) is 6.58 Å². The van der Waals surface area contributed by atoms with Crippen LogP contribution in [0.5, 0.6) is 0 Å². The Hall–Kier alpha value is -1.52. The van der Waals surface area contributed by atoms with Crippen molar-refractivity contribution in [3.8, 4) is 0 Å². The van der Waals surface area contributed by atoms with E-state index in [0.717, 1.165) is 25.7 Å². The van der Waals surface area contributed by atoms with E-state index in [4.69, 9.17) is 5.11 Å². The first-order chi connectivity index (χ1) is 8.60. The second kappa shape index (κ2) is 7.03. The Bertz CT molecular complexity index is 311. The average Bonchev–Trinajstić information content (AvgIpc) is 2.85. The van der Waals surface area contributed by atoms with Gasteiger partial charge in [0.25, 0.3) is 0 Å². The van der Waals surface area contributed by atoms with Crippen LogP contribution in [0.1, 0.15) is 32.6 Å². The fraction of sp³-hybridized carbons (Fsp3) is 0.692. The predicted molar refractivity (Wildman–Crippen MR) is 69.4 cm³/mol. The largest absolute Gasteiger partial charge is 0.480 e. The van der Waals surface area contributed by atoms with Crippen molar-refractivity contribution < 1.29 is 14.7 Å². The maximum Gasteiger partial charge on any atom is 0.323 e. The van der Waals surface area contributed by atoms with Gasteiger partial charge in [0.1, 0.15) is 6.54 Å². The number of likely N-dealkylation sites (N-methyl/N-ethyl adjacent to an activating group) is 1. The third kappa shape index (κ3) is 3.75. The van der Waals surface area contributed by atoms with Crippen LogP contribution in [0.4, 0.5) is 4.79 Å². The summed E-state index contributed by atoms with van der Waals surface area (Å²) in [5.74, 6) is -0.954. The number of hydrogen-bond donors (Lipinski definition) is 1. The lowest BCUT2D eigenvalue weighted by Crippen LogP contribution is -2.49. The lowest BCUT2D eigenvalue weighted by Gasteiger charge is -2.32. The lowest BCUT2D eigenvalue weighted by molar-refractivity contribution is -0.138. The first-order valence-electron chi connectivity index (χ1n) is 6.48. The maximum atomic E-state index is 12.3. The van der Waals surface area contributed by atoms with E-state index in [9.17, 15) is 9.59 Å². The standard InChI is InChI=1S/C13H22N2O3/c1-3-9-14(4-2)13(18)15(10-12(16)17)11-7-5-6-8-11/h3,11H,1,4-10H2,2H3,(H,16,17). The van der Waals surface area contributed by atoms with Gasteiger partial charge >= 0.3 is 12.0 Å². The van der Waals surface area contributed by atoms with Crippen molar-refractivity contribution in [1.82, 2.24) is 9.80 Å². The number of carbonyl (C=O) groups excluding carboxylic acids is 1. The summed E-state index contributed by atoms with van der Waals surface area (Å²) in [5.41, 5.74) is 0. The summed E-state index contributed by atoms with van der Waals surface area (Å²) in [5, 5.41) is 8.94. The third-order valence-corrected chi connectivity index (χ3v) is 3.32. The SMILES string of the molecule is C=CCN(CC)C(=O)N(CC(=O)O)C1CCCC1. The number of carbonyl (C=O) groups is 2. The second-order valence-electron chi connectivity index (χ2n) is 4.57. The Morgan fingerprint density at radius 2 is 2.00 bits per heavy atom. The van der Waals surface area contributed by atoms with Crippen LogP contribution >= 0.6 is 0 Å². The molecule has 1 fully saturated rings. The molecule has 1 aliphatic rings. The van der Waals surface area contributed by atoms with Crippen LogP contribution in [0.2, 0.25) is 0 Å². The van der Waals surface area contributed by atoms with Crippen molar-refractivity contribution in [2.75, 3.05) is 19.6 Å². The van der Waals surface area contributed by atoms with E-state index in [1.807, 2.05) is 6.92 Å². The van der Waals surface area contributed by atoms with Crippen molar-refractivity contribution in [2.45, 2.75) is 38.6 Å². The van der Waals surface area contributed by atoms with Gasteiger partial charge in [-0.1, -0.05) is 18.9 Å². The van der Waals surface area contributed by atoms with Crippen LogP contribution in [0.25, 0.3) is 0 Å². The molecule has 5 nitrogen and oxygen atoms in total. The molecule has 1 saturated carbocycles. The Kier molecular flexibility index (Phi) is 5.68. The molecule has 1 rings (SSSR count). The number of amides is 2. The molecule has 0 aromatic heterocycles. The molecule has 0 spiro atoms. The number of rotatable bonds is 6. The molecular formula is C13H22N2O3. The quantitative estimate of drug-likeness (QED) is 0.737. The van der Waals surface area contributed by atoms with Gasteiger partial charge in [-0.3, -0.25) is 4.79 Å². The van der Waals surface area contributed by atoms with E-state index in [1.165, 1.54) is 4.90 Å². The lowest BCUT2D eigenvalue weighted by atomic mass is 10.2. The van der Waals surface area contributed by atoms with Gasteiger partial charge in [0.2, 0.25) is 0 Å². The Morgan fingerprint density at radius 3 is 2.44 bits per heavy atom. The number of hydrogen-bond acceptors (Lipinski definition) is 2. The highest BCUT2D eigenvalue weighted by molar-refractivity contribution is 5.80. The summed E-state index contributed by atoms with van der Waals surface area (Å²) in [6, 6.07) is -0.112.